The number of carbonyl (C=O) groups is 2. The number of halogens is 1. The van der Waals surface area contributed by atoms with Gasteiger partial charge in [0.25, 0.3) is 0 Å². The van der Waals surface area contributed by atoms with Gasteiger partial charge in [0, 0.05) is 6.54 Å². The van der Waals surface area contributed by atoms with Crippen molar-refractivity contribution in [2.45, 2.75) is 20.8 Å². The molecule has 1 atom stereocenters. The summed E-state index contributed by atoms with van der Waals surface area (Å²) in [6.45, 7) is 6.54. The lowest BCUT2D eigenvalue weighted by molar-refractivity contribution is 0.0698. The van der Waals surface area contributed by atoms with Gasteiger partial charge in [-0.15, -0.1) is 0 Å². The second-order valence-corrected chi connectivity index (χ2v) is 5.05. The Balaban J connectivity index is 2.70. The van der Waals surface area contributed by atoms with Gasteiger partial charge in [0.1, 0.15) is 5.82 Å². The molecule has 0 spiro atoms. The van der Waals surface area contributed by atoms with Crippen LogP contribution in [0, 0.1) is 17.7 Å². The predicted molar refractivity (Wildman–Crippen MR) is 74.4 cm³/mol. The van der Waals surface area contributed by atoms with Crippen molar-refractivity contribution in [1.29, 1.82) is 0 Å². The van der Waals surface area contributed by atoms with Crippen molar-refractivity contribution in [2.75, 3.05) is 11.9 Å². The number of nitrogens with one attached hydrogen (secondary N) is 2. The fourth-order valence-corrected chi connectivity index (χ4v) is 1.46. The summed E-state index contributed by atoms with van der Waals surface area (Å²) >= 11 is 0. The number of benzene rings is 1. The molecule has 3 N–H and O–H groups in total. The van der Waals surface area contributed by atoms with Crippen LogP contribution in [0.5, 0.6) is 0 Å². The molecule has 0 saturated carbocycles. The van der Waals surface area contributed by atoms with Crippen molar-refractivity contribution in [1.82, 2.24) is 5.32 Å². The van der Waals surface area contributed by atoms with Crippen molar-refractivity contribution in [3.63, 3.8) is 0 Å². The predicted octanol–water partition coefficient (Wildman–Crippen LogP) is 2.94. The molecule has 0 bridgehead atoms. The molecule has 110 valence electrons. The summed E-state index contributed by atoms with van der Waals surface area (Å²) in [5, 5.41) is 14.0. The summed E-state index contributed by atoms with van der Waals surface area (Å²) in [4.78, 5) is 22.7. The number of carboxylic acid groups (broad SMARTS) is 1. The molecule has 1 aromatic carbocycles. The van der Waals surface area contributed by atoms with Gasteiger partial charge < -0.3 is 15.7 Å². The highest BCUT2D eigenvalue weighted by atomic mass is 19.1. The molecule has 0 saturated heterocycles. The van der Waals surface area contributed by atoms with E-state index < -0.39 is 17.8 Å². The van der Waals surface area contributed by atoms with Crippen LogP contribution in [0.15, 0.2) is 18.2 Å². The second-order valence-electron chi connectivity index (χ2n) is 5.05. The Morgan fingerprint density at radius 3 is 2.50 bits per heavy atom. The SMILES string of the molecule is CC(C)C(C)CNC(=O)Nc1cc(F)ccc1C(=O)O. The highest BCUT2D eigenvalue weighted by Gasteiger charge is 2.14. The largest absolute Gasteiger partial charge is 0.478 e. The van der Waals surface area contributed by atoms with E-state index in [4.69, 9.17) is 5.11 Å². The Bertz CT molecular complexity index is 503. The minimum atomic E-state index is -1.23. The third kappa shape index (κ3) is 4.53. The number of anilines is 1. The molecule has 20 heavy (non-hydrogen) atoms. The maximum absolute atomic E-state index is 13.1. The smallest absolute Gasteiger partial charge is 0.337 e. The Hall–Kier alpha value is -2.11. The Kier molecular flexibility index (Phi) is 5.49. The zero-order valence-corrected chi connectivity index (χ0v) is 11.7. The highest BCUT2D eigenvalue weighted by molar-refractivity contribution is 5.99. The van der Waals surface area contributed by atoms with Gasteiger partial charge in [-0.05, 0) is 30.0 Å². The summed E-state index contributed by atoms with van der Waals surface area (Å²) < 4.78 is 13.1. The second kappa shape index (κ2) is 6.88. The van der Waals surface area contributed by atoms with E-state index in [1.807, 2.05) is 20.8 Å². The van der Waals surface area contributed by atoms with E-state index in [9.17, 15) is 14.0 Å². The van der Waals surface area contributed by atoms with Gasteiger partial charge in [-0.2, -0.15) is 0 Å². The number of hydrogen-bond donors (Lipinski definition) is 3. The van der Waals surface area contributed by atoms with Crippen LogP contribution >= 0.6 is 0 Å². The standard InChI is InChI=1S/C14H19FN2O3/c1-8(2)9(3)7-16-14(20)17-12-6-10(15)4-5-11(12)13(18)19/h4-6,8-9H,7H2,1-3H3,(H,18,19)(H2,16,17,20). The van der Waals surface area contributed by atoms with Crippen molar-refractivity contribution in [2.24, 2.45) is 11.8 Å². The number of aromatic carboxylic acids is 1. The maximum atomic E-state index is 13.1. The molecular weight excluding hydrogens is 263 g/mol. The number of amides is 2. The van der Waals surface area contributed by atoms with E-state index in [-0.39, 0.29) is 17.2 Å². The van der Waals surface area contributed by atoms with E-state index in [1.165, 1.54) is 0 Å². The van der Waals surface area contributed by atoms with Crippen LogP contribution in [0.4, 0.5) is 14.9 Å². The summed E-state index contributed by atoms with van der Waals surface area (Å²) in [6.07, 6.45) is 0. The van der Waals surface area contributed by atoms with E-state index >= 15 is 0 Å². The van der Waals surface area contributed by atoms with Crippen LogP contribution in [0.2, 0.25) is 0 Å². The maximum Gasteiger partial charge on any atom is 0.337 e. The fourth-order valence-electron chi connectivity index (χ4n) is 1.46. The molecule has 1 aromatic rings. The van der Waals surface area contributed by atoms with E-state index in [0.717, 1.165) is 18.2 Å². The van der Waals surface area contributed by atoms with Gasteiger partial charge in [0.05, 0.1) is 11.3 Å². The van der Waals surface area contributed by atoms with Crippen LogP contribution in [0.3, 0.4) is 0 Å². The minimum Gasteiger partial charge on any atom is -0.478 e. The fraction of sp³-hybridized carbons (Fsp3) is 0.429. The topological polar surface area (TPSA) is 78.4 Å². The van der Waals surface area contributed by atoms with Crippen LogP contribution in [0.25, 0.3) is 0 Å². The molecule has 0 aliphatic carbocycles. The van der Waals surface area contributed by atoms with Gasteiger partial charge in [0.15, 0.2) is 0 Å². The summed E-state index contributed by atoms with van der Waals surface area (Å²) in [5.74, 6) is -1.14. The Labute approximate surface area is 117 Å². The molecule has 6 heteroatoms. The van der Waals surface area contributed by atoms with Gasteiger partial charge in [-0.1, -0.05) is 20.8 Å². The molecule has 1 unspecified atom stereocenters. The number of rotatable bonds is 5. The summed E-state index contributed by atoms with van der Waals surface area (Å²) in [5.41, 5.74) is -0.217. The molecule has 0 radical (unpaired) electrons. The zero-order chi connectivity index (χ0) is 15.3. The van der Waals surface area contributed by atoms with Gasteiger partial charge in [0.2, 0.25) is 0 Å². The molecule has 2 amide bonds. The molecule has 0 aliphatic heterocycles. The quantitative estimate of drug-likeness (QED) is 0.777. The first-order valence-corrected chi connectivity index (χ1v) is 6.39. The van der Waals surface area contributed by atoms with E-state index in [0.29, 0.717) is 12.5 Å². The first kappa shape index (κ1) is 15.9. The van der Waals surface area contributed by atoms with Crippen molar-refractivity contribution >= 4 is 17.7 Å². The monoisotopic (exact) mass is 282 g/mol. The molecule has 0 aromatic heterocycles. The average Bonchev–Trinajstić information content (AvgIpc) is 2.35. The normalized spacial score (nSPS) is 12.1. The number of hydrogen-bond acceptors (Lipinski definition) is 2. The molecule has 1 rings (SSSR count). The molecular formula is C14H19FN2O3. The van der Waals surface area contributed by atoms with E-state index in [1.54, 1.807) is 0 Å². The minimum absolute atomic E-state index is 0.0628. The van der Waals surface area contributed by atoms with Crippen molar-refractivity contribution < 1.29 is 19.1 Å². The van der Waals surface area contributed by atoms with Gasteiger partial charge in [-0.25, -0.2) is 14.0 Å². The van der Waals surface area contributed by atoms with Crippen LogP contribution < -0.4 is 10.6 Å². The molecule has 5 nitrogen and oxygen atoms in total. The van der Waals surface area contributed by atoms with Gasteiger partial charge in [-0.3, -0.25) is 0 Å². The lowest BCUT2D eigenvalue weighted by Crippen LogP contribution is -2.34. The zero-order valence-electron chi connectivity index (χ0n) is 11.7. The van der Waals surface area contributed by atoms with Crippen molar-refractivity contribution in [3.05, 3.63) is 29.6 Å². The first-order valence-electron chi connectivity index (χ1n) is 6.39. The lowest BCUT2D eigenvalue weighted by atomic mass is 9.98. The van der Waals surface area contributed by atoms with Gasteiger partial charge >= 0.3 is 12.0 Å². The Morgan fingerprint density at radius 2 is 1.95 bits per heavy atom. The summed E-state index contributed by atoms with van der Waals surface area (Å²) in [6, 6.07) is 2.58. The lowest BCUT2D eigenvalue weighted by Gasteiger charge is -2.16. The summed E-state index contributed by atoms with van der Waals surface area (Å²) in [7, 11) is 0. The first-order chi connectivity index (χ1) is 9.31. The number of urea groups is 1. The molecule has 0 heterocycles. The number of carboxylic acids is 1. The highest BCUT2D eigenvalue weighted by Crippen LogP contribution is 2.17. The molecule has 0 aliphatic rings. The van der Waals surface area contributed by atoms with E-state index in [2.05, 4.69) is 10.6 Å². The number of carbonyl (C=O) groups excluding carboxylic acids is 1. The van der Waals surface area contributed by atoms with Crippen LogP contribution in [0.1, 0.15) is 31.1 Å². The molecule has 0 fully saturated rings. The van der Waals surface area contributed by atoms with Crippen molar-refractivity contribution in [3.8, 4) is 0 Å². The van der Waals surface area contributed by atoms with Crippen LogP contribution in [-0.2, 0) is 0 Å². The third-order valence-corrected chi connectivity index (χ3v) is 3.18. The average molecular weight is 282 g/mol. The Morgan fingerprint density at radius 1 is 1.30 bits per heavy atom. The van der Waals surface area contributed by atoms with Crippen LogP contribution in [-0.4, -0.2) is 23.7 Å². The third-order valence-electron chi connectivity index (χ3n) is 3.18.